The monoisotopic (exact) mass is 412 g/mol. The highest BCUT2D eigenvalue weighted by Crippen LogP contribution is 2.19. The van der Waals surface area contributed by atoms with Gasteiger partial charge in [-0.25, -0.2) is 22.2 Å². The van der Waals surface area contributed by atoms with Crippen molar-refractivity contribution in [3.8, 4) is 0 Å². The van der Waals surface area contributed by atoms with Gasteiger partial charge >= 0.3 is 0 Å². The highest BCUT2D eigenvalue weighted by atomic mass is 32.2. The lowest BCUT2D eigenvalue weighted by Gasteiger charge is -2.24. The molecular formula is C18H22F2N4O3S. The lowest BCUT2D eigenvalue weighted by molar-refractivity contribution is -0.121. The van der Waals surface area contributed by atoms with Crippen LogP contribution in [0.1, 0.15) is 20.8 Å². The zero-order chi connectivity index (χ0) is 21.1. The summed E-state index contributed by atoms with van der Waals surface area (Å²) in [5, 5.41) is 2.82. The molecule has 2 aromatic rings. The molecule has 0 bridgehead atoms. The van der Waals surface area contributed by atoms with Gasteiger partial charge in [-0.3, -0.25) is 9.52 Å². The Morgan fingerprint density at radius 1 is 1.14 bits per heavy atom. The van der Waals surface area contributed by atoms with E-state index < -0.39 is 21.7 Å². The lowest BCUT2D eigenvalue weighted by atomic mass is 10.1. The summed E-state index contributed by atoms with van der Waals surface area (Å²) < 4.78 is 53.3. The number of nitrogens with one attached hydrogen (secondary N) is 2. The van der Waals surface area contributed by atoms with Gasteiger partial charge in [-0.2, -0.15) is 0 Å². The number of halogens is 2. The molecule has 1 aromatic heterocycles. The Balaban J connectivity index is 2.11. The van der Waals surface area contributed by atoms with Crippen molar-refractivity contribution in [2.75, 3.05) is 23.2 Å². The number of pyridine rings is 1. The molecule has 1 aromatic carbocycles. The summed E-state index contributed by atoms with van der Waals surface area (Å²) in [6.45, 7) is 5.62. The summed E-state index contributed by atoms with van der Waals surface area (Å²) in [6, 6.07) is 5.09. The standard InChI is InChI=1S/C18H22F2N4O3S/c1-18(2,3)22-17(25)11-24(4)16-6-5-15(10-21-16)28(26,27)23-14-8-12(19)7-13(20)9-14/h5-10,23H,11H2,1-4H3,(H,22,25). The SMILES string of the molecule is CN(CC(=O)NC(C)(C)C)c1ccc(S(=O)(=O)Nc2cc(F)cc(F)c2)cn1. The number of sulfonamides is 1. The van der Waals surface area contributed by atoms with Crippen molar-refractivity contribution in [2.24, 2.45) is 0 Å². The number of carbonyl (C=O) groups excluding carboxylic acids is 1. The molecule has 0 aliphatic carbocycles. The Morgan fingerprint density at radius 3 is 2.25 bits per heavy atom. The predicted molar refractivity (Wildman–Crippen MR) is 103 cm³/mol. The second kappa shape index (κ2) is 8.09. The van der Waals surface area contributed by atoms with E-state index in [0.717, 1.165) is 18.3 Å². The minimum Gasteiger partial charge on any atom is -0.350 e. The van der Waals surface area contributed by atoms with Crippen LogP contribution >= 0.6 is 0 Å². The van der Waals surface area contributed by atoms with E-state index in [-0.39, 0.29) is 28.6 Å². The summed E-state index contributed by atoms with van der Waals surface area (Å²) in [7, 11) is -2.43. The molecule has 0 atom stereocenters. The summed E-state index contributed by atoms with van der Waals surface area (Å²) in [6.07, 6.45) is 1.10. The number of carbonyl (C=O) groups is 1. The number of anilines is 2. The van der Waals surface area contributed by atoms with Gasteiger partial charge in [-0.1, -0.05) is 0 Å². The zero-order valence-electron chi connectivity index (χ0n) is 16.0. The number of nitrogens with zero attached hydrogens (tertiary/aromatic N) is 2. The highest BCUT2D eigenvalue weighted by Gasteiger charge is 2.18. The van der Waals surface area contributed by atoms with Gasteiger partial charge in [0, 0.05) is 24.8 Å². The van der Waals surface area contributed by atoms with E-state index in [0.29, 0.717) is 11.9 Å². The summed E-state index contributed by atoms with van der Waals surface area (Å²) >= 11 is 0. The summed E-state index contributed by atoms with van der Waals surface area (Å²) in [4.78, 5) is 17.4. The molecule has 28 heavy (non-hydrogen) atoms. The van der Waals surface area contributed by atoms with Crippen molar-refractivity contribution in [2.45, 2.75) is 31.2 Å². The van der Waals surface area contributed by atoms with Crippen LogP contribution in [0.3, 0.4) is 0 Å². The van der Waals surface area contributed by atoms with E-state index in [1.807, 2.05) is 20.8 Å². The van der Waals surface area contributed by atoms with Crippen LogP contribution in [0.2, 0.25) is 0 Å². The van der Waals surface area contributed by atoms with E-state index >= 15 is 0 Å². The van der Waals surface area contributed by atoms with Crippen LogP contribution in [-0.2, 0) is 14.8 Å². The maximum Gasteiger partial charge on any atom is 0.263 e. The third kappa shape index (κ3) is 6.15. The molecule has 7 nitrogen and oxygen atoms in total. The molecule has 10 heteroatoms. The van der Waals surface area contributed by atoms with E-state index in [1.54, 1.807) is 11.9 Å². The quantitative estimate of drug-likeness (QED) is 0.761. The smallest absolute Gasteiger partial charge is 0.263 e. The van der Waals surface area contributed by atoms with Crippen molar-refractivity contribution >= 4 is 27.4 Å². The Morgan fingerprint density at radius 2 is 1.75 bits per heavy atom. The molecule has 0 radical (unpaired) electrons. The first-order valence-corrected chi connectivity index (χ1v) is 9.81. The van der Waals surface area contributed by atoms with E-state index in [1.165, 1.54) is 12.1 Å². The van der Waals surface area contributed by atoms with E-state index in [4.69, 9.17) is 0 Å². The van der Waals surface area contributed by atoms with Crippen molar-refractivity contribution in [1.29, 1.82) is 0 Å². The van der Waals surface area contributed by atoms with E-state index in [9.17, 15) is 22.0 Å². The van der Waals surface area contributed by atoms with Crippen molar-refractivity contribution in [1.82, 2.24) is 10.3 Å². The molecule has 0 saturated heterocycles. The number of benzene rings is 1. The summed E-state index contributed by atoms with van der Waals surface area (Å²) in [5.74, 6) is -1.62. The number of hydrogen-bond acceptors (Lipinski definition) is 5. The van der Waals surface area contributed by atoms with Crippen LogP contribution in [0.15, 0.2) is 41.4 Å². The maximum absolute atomic E-state index is 13.2. The van der Waals surface area contributed by atoms with Crippen LogP contribution in [0, 0.1) is 11.6 Å². The van der Waals surface area contributed by atoms with E-state index in [2.05, 4.69) is 15.0 Å². The van der Waals surface area contributed by atoms with Crippen molar-refractivity contribution < 1.29 is 22.0 Å². The Kier molecular flexibility index (Phi) is 6.23. The van der Waals surface area contributed by atoms with Gasteiger partial charge in [0.25, 0.3) is 10.0 Å². The van der Waals surface area contributed by atoms with Crippen LogP contribution in [0.25, 0.3) is 0 Å². The van der Waals surface area contributed by atoms with Crippen LogP contribution < -0.4 is 14.9 Å². The fourth-order valence-corrected chi connectivity index (χ4v) is 3.32. The van der Waals surface area contributed by atoms with Crippen LogP contribution in [-0.4, -0.2) is 38.4 Å². The average Bonchev–Trinajstić information content (AvgIpc) is 2.51. The molecule has 2 N–H and O–H groups in total. The highest BCUT2D eigenvalue weighted by molar-refractivity contribution is 7.92. The predicted octanol–water partition coefficient (Wildman–Crippen LogP) is 2.51. The zero-order valence-corrected chi connectivity index (χ0v) is 16.8. The number of likely N-dealkylation sites (N-methyl/N-ethyl adjacent to an activating group) is 1. The van der Waals surface area contributed by atoms with Gasteiger partial charge in [0.1, 0.15) is 22.3 Å². The molecule has 1 amide bonds. The average molecular weight is 412 g/mol. The number of hydrogen-bond donors (Lipinski definition) is 2. The first kappa shape index (κ1) is 21.5. The molecule has 0 fully saturated rings. The van der Waals surface area contributed by atoms with Crippen molar-refractivity contribution in [3.05, 3.63) is 48.2 Å². The minimum absolute atomic E-state index is 0.0389. The molecule has 1 heterocycles. The molecule has 0 spiro atoms. The molecular weight excluding hydrogens is 390 g/mol. The van der Waals surface area contributed by atoms with Gasteiger partial charge in [-0.15, -0.1) is 0 Å². The topological polar surface area (TPSA) is 91.4 Å². The third-order valence-corrected chi connectivity index (χ3v) is 4.80. The number of rotatable bonds is 6. The van der Waals surface area contributed by atoms with Gasteiger partial charge in [0.05, 0.1) is 12.2 Å². The minimum atomic E-state index is -4.08. The third-order valence-electron chi connectivity index (χ3n) is 3.43. The first-order chi connectivity index (χ1) is 12.9. The van der Waals surface area contributed by atoms with Gasteiger partial charge in [-0.05, 0) is 45.0 Å². The summed E-state index contributed by atoms with van der Waals surface area (Å²) in [5.41, 5.74) is -0.608. The number of amides is 1. The van der Waals surface area contributed by atoms with Gasteiger partial charge in [0.15, 0.2) is 0 Å². The largest absolute Gasteiger partial charge is 0.350 e. The Labute approximate surface area is 162 Å². The molecule has 152 valence electrons. The van der Waals surface area contributed by atoms with Crippen molar-refractivity contribution in [3.63, 3.8) is 0 Å². The van der Waals surface area contributed by atoms with Gasteiger partial charge < -0.3 is 10.2 Å². The second-order valence-electron chi connectivity index (χ2n) is 7.27. The van der Waals surface area contributed by atoms with Crippen LogP contribution in [0.4, 0.5) is 20.3 Å². The number of aromatic nitrogens is 1. The Bertz CT molecular complexity index is 938. The molecule has 0 aliphatic heterocycles. The fourth-order valence-electron chi connectivity index (χ4n) is 2.34. The van der Waals surface area contributed by atoms with Crippen LogP contribution in [0.5, 0.6) is 0 Å². The first-order valence-electron chi connectivity index (χ1n) is 8.33. The molecule has 0 aliphatic rings. The molecule has 2 rings (SSSR count). The second-order valence-corrected chi connectivity index (χ2v) is 8.95. The van der Waals surface area contributed by atoms with Gasteiger partial charge in [0.2, 0.25) is 5.91 Å². The maximum atomic E-state index is 13.2. The Hall–Kier alpha value is -2.75. The molecule has 0 saturated carbocycles. The fraction of sp³-hybridized carbons (Fsp3) is 0.333. The normalized spacial score (nSPS) is 11.8. The molecule has 0 unspecified atom stereocenters. The lowest BCUT2D eigenvalue weighted by Crippen LogP contribution is -2.45.